The number of rotatable bonds is 3. The van der Waals surface area contributed by atoms with Crippen LogP contribution in [0.5, 0.6) is 5.75 Å². The van der Waals surface area contributed by atoms with Crippen LogP contribution in [0, 0.1) is 5.41 Å². The van der Waals surface area contributed by atoms with Crippen LogP contribution >= 0.6 is 11.6 Å². The lowest BCUT2D eigenvalue weighted by Gasteiger charge is -2.28. The molecular formula is C14H20ClNO. The minimum atomic E-state index is 0.150. The normalized spacial score (nSPS) is 22.9. The highest BCUT2D eigenvalue weighted by molar-refractivity contribution is 6.32. The lowest BCUT2D eigenvalue weighted by Crippen LogP contribution is -2.37. The van der Waals surface area contributed by atoms with Gasteiger partial charge in [-0.15, -0.1) is 0 Å². The van der Waals surface area contributed by atoms with Crippen molar-refractivity contribution in [2.75, 3.05) is 0 Å². The van der Waals surface area contributed by atoms with Crippen LogP contribution in [-0.4, -0.2) is 11.1 Å². The molecule has 94 valence electrons. The largest absolute Gasteiger partial charge is 0.506 e. The third-order valence-electron chi connectivity index (χ3n) is 3.82. The smallest absolute Gasteiger partial charge is 0.134 e. The summed E-state index contributed by atoms with van der Waals surface area (Å²) in [7, 11) is 0. The van der Waals surface area contributed by atoms with Crippen LogP contribution in [0.3, 0.4) is 0 Å². The standard InChI is InChI=1S/C14H20ClNO/c1-14(2)7-3-4-13(14)16-9-10-5-6-12(17)11(15)8-10/h5-6,8,13,16-17H,3-4,7,9H2,1-2H3. The maximum Gasteiger partial charge on any atom is 0.134 e. The highest BCUT2D eigenvalue weighted by Crippen LogP contribution is 2.37. The van der Waals surface area contributed by atoms with E-state index in [1.165, 1.54) is 19.3 Å². The minimum absolute atomic E-state index is 0.150. The molecule has 1 unspecified atom stereocenters. The van der Waals surface area contributed by atoms with E-state index in [1.807, 2.05) is 12.1 Å². The fourth-order valence-electron chi connectivity index (χ4n) is 2.61. The van der Waals surface area contributed by atoms with E-state index < -0.39 is 0 Å². The van der Waals surface area contributed by atoms with Gasteiger partial charge < -0.3 is 10.4 Å². The minimum Gasteiger partial charge on any atom is -0.506 e. The third-order valence-corrected chi connectivity index (χ3v) is 4.12. The molecular weight excluding hydrogens is 234 g/mol. The van der Waals surface area contributed by atoms with Crippen LogP contribution in [0.2, 0.25) is 5.02 Å². The van der Waals surface area contributed by atoms with Crippen LogP contribution in [0.1, 0.15) is 38.7 Å². The van der Waals surface area contributed by atoms with Gasteiger partial charge in [0.25, 0.3) is 0 Å². The number of nitrogens with one attached hydrogen (secondary N) is 1. The zero-order chi connectivity index (χ0) is 12.5. The summed E-state index contributed by atoms with van der Waals surface area (Å²) in [6.45, 7) is 5.46. The molecule has 1 aromatic rings. The maximum atomic E-state index is 9.35. The molecule has 1 aliphatic carbocycles. The van der Waals surface area contributed by atoms with E-state index in [0.717, 1.165) is 12.1 Å². The molecule has 0 spiro atoms. The third kappa shape index (κ3) is 2.93. The Morgan fingerprint density at radius 2 is 2.24 bits per heavy atom. The zero-order valence-corrected chi connectivity index (χ0v) is 11.2. The van der Waals surface area contributed by atoms with Crippen molar-refractivity contribution in [1.82, 2.24) is 5.32 Å². The fourth-order valence-corrected chi connectivity index (χ4v) is 2.81. The second kappa shape index (κ2) is 4.87. The van der Waals surface area contributed by atoms with E-state index in [2.05, 4.69) is 19.2 Å². The summed E-state index contributed by atoms with van der Waals surface area (Å²) in [6.07, 6.45) is 3.85. The summed E-state index contributed by atoms with van der Waals surface area (Å²) in [5, 5.41) is 13.4. The number of phenolic OH excluding ortho intramolecular Hbond substituents is 1. The molecule has 2 rings (SSSR count). The van der Waals surface area contributed by atoms with E-state index >= 15 is 0 Å². The van der Waals surface area contributed by atoms with Crippen LogP contribution < -0.4 is 5.32 Å². The predicted molar refractivity (Wildman–Crippen MR) is 71.4 cm³/mol. The van der Waals surface area contributed by atoms with Gasteiger partial charge in [0.05, 0.1) is 5.02 Å². The number of hydrogen-bond donors (Lipinski definition) is 2. The number of halogens is 1. The molecule has 0 amide bonds. The number of benzene rings is 1. The van der Waals surface area contributed by atoms with Crippen molar-refractivity contribution in [3.05, 3.63) is 28.8 Å². The van der Waals surface area contributed by atoms with Gasteiger partial charge in [0.2, 0.25) is 0 Å². The number of hydrogen-bond acceptors (Lipinski definition) is 2. The van der Waals surface area contributed by atoms with Crippen LogP contribution in [0.25, 0.3) is 0 Å². The van der Waals surface area contributed by atoms with Gasteiger partial charge in [-0.05, 0) is 36.0 Å². The SMILES string of the molecule is CC1(C)CCCC1NCc1ccc(O)c(Cl)c1. The molecule has 2 N–H and O–H groups in total. The van der Waals surface area contributed by atoms with E-state index in [4.69, 9.17) is 11.6 Å². The topological polar surface area (TPSA) is 32.3 Å². The second-order valence-electron chi connectivity index (χ2n) is 5.60. The predicted octanol–water partition coefficient (Wildman–Crippen LogP) is 3.71. The van der Waals surface area contributed by atoms with Gasteiger partial charge in [-0.3, -0.25) is 0 Å². The average molecular weight is 254 g/mol. The zero-order valence-electron chi connectivity index (χ0n) is 10.5. The van der Waals surface area contributed by atoms with Crippen molar-refractivity contribution in [2.45, 2.75) is 45.7 Å². The Bertz CT molecular complexity index is 403. The van der Waals surface area contributed by atoms with E-state index in [9.17, 15) is 5.11 Å². The Labute approximate surface area is 108 Å². The Kier molecular flexibility index (Phi) is 3.64. The van der Waals surface area contributed by atoms with Crippen LogP contribution in [0.4, 0.5) is 0 Å². The molecule has 1 aromatic carbocycles. The van der Waals surface area contributed by atoms with E-state index in [1.54, 1.807) is 6.07 Å². The Balaban J connectivity index is 1.96. The van der Waals surface area contributed by atoms with Crippen LogP contribution in [-0.2, 0) is 6.54 Å². The summed E-state index contributed by atoms with van der Waals surface area (Å²) >= 11 is 5.89. The molecule has 0 aliphatic heterocycles. The molecule has 0 saturated heterocycles. The van der Waals surface area contributed by atoms with Crippen molar-refractivity contribution >= 4 is 11.6 Å². The van der Waals surface area contributed by atoms with Gasteiger partial charge in [0, 0.05) is 12.6 Å². The van der Waals surface area contributed by atoms with Crippen molar-refractivity contribution < 1.29 is 5.11 Å². The molecule has 0 bridgehead atoms. The first kappa shape index (κ1) is 12.7. The van der Waals surface area contributed by atoms with Gasteiger partial charge in [-0.25, -0.2) is 0 Å². The Morgan fingerprint density at radius 3 is 2.82 bits per heavy atom. The summed E-state index contributed by atoms with van der Waals surface area (Å²) in [5.74, 6) is 0.150. The molecule has 3 heteroatoms. The van der Waals surface area contributed by atoms with Gasteiger partial charge in [0.1, 0.15) is 5.75 Å². The molecule has 0 heterocycles. The maximum absolute atomic E-state index is 9.35. The summed E-state index contributed by atoms with van der Waals surface area (Å²) in [6, 6.07) is 5.97. The van der Waals surface area contributed by atoms with Crippen molar-refractivity contribution in [1.29, 1.82) is 0 Å². The molecule has 0 aromatic heterocycles. The second-order valence-corrected chi connectivity index (χ2v) is 6.01. The molecule has 1 saturated carbocycles. The quantitative estimate of drug-likeness (QED) is 0.861. The first-order chi connectivity index (χ1) is 7.99. The molecule has 1 fully saturated rings. The van der Waals surface area contributed by atoms with E-state index in [-0.39, 0.29) is 5.75 Å². The molecule has 1 atom stereocenters. The summed E-state index contributed by atoms with van der Waals surface area (Å²) < 4.78 is 0. The van der Waals surface area contributed by atoms with Gasteiger partial charge >= 0.3 is 0 Å². The van der Waals surface area contributed by atoms with Crippen molar-refractivity contribution in [2.24, 2.45) is 5.41 Å². The Hall–Kier alpha value is -0.730. The average Bonchev–Trinajstić information content (AvgIpc) is 2.60. The van der Waals surface area contributed by atoms with Gasteiger partial charge in [-0.2, -0.15) is 0 Å². The first-order valence-corrected chi connectivity index (χ1v) is 6.57. The molecule has 2 nitrogen and oxygen atoms in total. The lowest BCUT2D eigenvalue weighted by atomic mass is 9.87. The first-order valence-electron chi connectivity index (χ1n) is 6.20. The number of phenols is 1. The van der Waals surface area contributed by atoms with Gasteiger partial charge in [-0.1, -0.05) is 37.9 Å². The molecule has 17 heavy (non-hydrogen) atoms. The van der Waals surface area contributed by atoms with Crippen molar-refractivity contribution in [3.8, 4) is 5.75 Å². The summed E-state index contributed by atoms with van der Waals surface area (Å²) in [4.78, 5) is 0. The fraction of sp³-hybridized carbons (Fsp3) is 0.571. The van der Waals surface area contributed by atoms with Crippen LogP contribution in [0.15, 0.2) is 18.2 Å². The Morgan fingerprint density at radius 1 is 1.47 bits per heavy atom. The van der Waals surface area contributed by atoms with E-state index in [0.29, 0.717) is 16.5 Å². The van der Waals surface area contributed by atoms with Gasteiger partial charge in [0.15, 0.2) is 0 Å². The molecule has 0 radical (unpaired) electrons. The highest BCUT2D eigenvalue weighted by atomic mass is 35.5. The summed E-state index contributed by atoms with van der Waals surface area (Å²) in [5.41, 5.74) is 1.51. The lowest BCUT2D eigenvalue weighted by molar-refractivity contribution is 0.282. The number of aromatic hydroxyl groups is 1. The monoisotopic (exact) mass is 253 g/mol. The van der Waals surface area contributed by atoms with Crippen molar-refractivity contribution in [3.63, 3.8) is 0 Å². The highest BCUT2D eigenvalue weighted by Gasteiger charge is 2.33. The molecule has 1 aliphatic rings.